The molecule has 0 spiro atoms. The maximum absolute atomic E-state index is 13.4. The molecule has 1 N–H and O–H groups in total. The average Bonchev–Trinajstić information content (AvgIpc) is 2.43. The third kappa shape index (κ3) is 4.25. The van der Waals surface area contributed by atoms with Gasteiger partial charge in [0.15, 0.2) is 0 Å². The average molecular weight is 268 g/mol. The molecule has 0 radical (unpaired) electrons. The number of rotatable bonds is 5. The van der Waals surface area contributed by atoms with Crippen LogP contribution in [0.25, 0.3) is 0 Å². The van der Waals surface area contributed by atoms with E-state index in [2.05, 4.69) is 17.1 Å². The third-order valence-electron chi connectivity index (χ3n) is 3.78. The van der Waals surface area contributed by atoms with Crippen LogP contribution in [0.4, 0.5) is 8.78 Å². The highest BCUT2D eigenvalue weighted by Crippen LogP contribution is 2.12. The van der Waals surface area contributed by atoms with Gasteiger partial charge >= 0.3 is 0 Å². The zero-order chi connectivity index (χ0) is 13.7. The molecule has 19 heavy (non-hydrogen) atoms. The molecule has 1 aliphatic rings. The van der Waals surface area contributed by atoms with Crippen molar-refractivity contribution in [1.29, 1.82) is 0 Å². The molecule has 1 unspecified atom stereocenters. The lowest BCUT2D eigenvalue weighted by Gasteiger charge is -2.32. The van der Waals surface area contributed by atoms with Crippen molar-refractivity contribution in [3.8, 4) is 0 Å². The number of piperidine rings is 1. The summed E-state index contributed by atoms with van der Waals surface area (Å²) < 4.78 is 26.5. The minimum Gasteiger partial charge on any atom is -0.311 e. The fourth-order valence-electron chi connectivity index (χ4n) is 2.58. The van der Waals surface area contributed by atoms with E-state index in [1.807, 2.05) is 0 Å². The molecular formula is C15H22F2N2. The topological polar surface area (TPSA) is 15.3 Å². The molecular weight excluding hydrogens is 246 g/mol. The van der Waals surface area contributed by atoms with Crippen molar-refractivity contribution in [2.75, 3.05) is 19.6 Å². The second-order valence-corrected chi connectivity index (χ2v) is 5.31. The molecule has 2 rings (SSSR count). The van der Waals surface area contributed by atoms with Gasteiger partial charge in [-0.3, -0.25) is 4.90 Å². The van der Waals surface area contributed by atoms with Crippen LogP contribution < -0.4 is 5.32 Å². The van der Waals surface area contributed by atoms with Gasteiger partial charge in [-0.1, -0.05) is 6.42 Å². The largest absolute Gasteiger partial charge is 0.311 e. The van der Waals surface area contributed by atoms with Crippen LogP contribution in [-0.4, -0.2) is 30.6 Å². The summed E-state index contributed by atoms with van der Waals surface area (Å²) in [6, 6.07) is 4.03. The summed E-state index contributed by atoms with van der Waals surface area (Å²) in [5, 5.41) is 3.22. The Morgan fingerprint density at radius 1 is 1.21 bits per heavy atom. The molecule has 1 aromatic rings. The third-order valence-corrected chi connectivity index (χ3v) is 3.78. The van der Waals surface area contributed by atoms with Crippen LogP contribution in [0.15, 0.2) is 18.2 Å². The first-order chi connectivity index (χ1) is 9.16. The first-order valence-electron chi connectivity index (χ1n) is 7.05. The zero-order valence-corrected chi connectivity index (χ0v) is 11.5. The van der Waals surface area contributed by atoms with Crippen LogP contribution in [0.1, 0.15) is 31.7 Å². The van der Waals surface area contributed by atoms with Gasteiger partial charge in [0.25, 0.3) is 0 Å². The van der Waals surface area contributed by atoms with E-state index in [4.69, 9.17) is 0 Å². The molecule has 0 aromatic heterocycles. The molecule has 0 saturated carbocycles. The molecule has 1 aliphatic heterocycles. The van der Waals surface area contributed by atoms with Crippen LogP contribution >= 0.6 is 0 Å². The second kappa shape index (κ2) is 6.96. The van der Waals surface area contributed by atoms with Crippen LogP contribution in [0, 0.1) is 11.6 Å². The fraction of sp³-hybridized carbons (Fsp3) is 0.600. The molecule has 1 fully saturated rings. The van der Waals surface area contributed by atoms with E-state index in [9.17, 15) is 8.78 Å². The van der Waals surface area contributed by atoms with Gasteiger partial charge in [-0.15, -0.1) is 0 Å². The van der Waals surface area contributed by atoms with Crippen molar-refractivity contribution in [3.63, 3.8) is 0 Å². The highest BCUT2D eigenvalue weighted by atomic mass is 19.1. The molecule has 4 heteroatoms. The van der Waals surface area contributed by atoms with Gasteiger partial charge in [-0.2, -0.15) is 0 Å². The van der Waals surface area contributed by atoms with Gasteiger partial charge in [0, 0.05) is 24.7 Å². The number of hydrogen-bond acceptors (Lipinski definition) is 2. The standard InChI is InChI=1S/C15H22F2N2/c1-12(19-7-3-2-4-8-19)10-18-11-13-9-14(16)5-6-15(13)17/h5-6,9,12,18H,2-4,7-8,10-11H2,1H3. The van der Waals surface area contributed by atoms with E-state index in [1.165, 1.54) is 31.4 Å². The van der Waals surface area contributed by atoms with Gasteiger partial charge < -0.3 is 5.32 Å². The van der Waals surface area contributed by atoms with Crippen LogP contribution in [-0.2, 0) is 6.54 Å². The number of nitrogens with zero attached hydrogens (tertiary/aromatic N) is 1. The van der Waals surface area contributed by atoms with Gasteiger partial charge in [0.2, 0.25) is 0 Å². The summed E-state index contributed by atoms with van der Waals surface area (Å²) in [6.07, 6.45) is 3.86. The first kappa shape index (κ1) is 14.4. The lowest BCUT2D eigenvalue weighted by molar-refractivity contribution is 0.170. The van der Waals surface area contributed by atoms with Crippen molar-refractivity contribution in [1.82, 2.24) is 10.2 Å². The minimum absolute atomic E-state index is 0.348. The Kier molecular flexibility index (Phi) is 5.28. The van der Waals surface area contributed by atoms with Gasteiger partial charge in [-0.25, -0.2) is 8.78 Å². The van der Waals surface area contributed by atoms with Crippen LogP contribution in [0.3, 0.4) is 0 Å². The highest BCUT2D eigenvalue weighted by Gasteiger charge is 2.16. The monoisotopic (exact) mass is 268 g/mol. The number of nitrogens with one attached hydrogen (secondary N) is 1. The summed E-state index contributed by atoms with van der Waals surface area (Å²) in [5.74, 6) is -0.734. The van der Waals surface area contributed by atoms with Gasteiger partial charge in [0.05, 0.1) is 0 Å². The Bertz CT molecular complexity index is 403. The number of likely N-dealkylation sites (tertiary alicyclic amines) is 1. The molecule has 1 saturated heterocycles. The molecule has 1 atom stereocenters. The maximum atomic E-state index is 13.4. The lowest BCUT2D eigenvalue weighted by atomic mass is 10.1. The van der Waals surface area contributed by atoms with Crippen molar-refractivity contribution < 1.29 is 8.78 Å². The number of halogens is 2. The molecule has 106 valence electrons. The van der Waals surface area contributed by atoms with E-state index in [-0.39, 0.29) is 11.6 Å². The molecule has 0 bridgehead atoms. The van der Waals surface area contributed by atoms with Crippen molar-refractivity contribution in [3.05, 3.63) is 35.4 Å². The summed E-state index contributed by atoms with van der Waals surface area (Å²) in [6.45, 7) is 5.66. The van der Waals surface area contributed by atoms with Crippen LogP contribution in [0.2, 0.25) is 0 Å². The van der Waals surface area contributed by atoms with E-state index in [0.717, 1.165) is 25.7 Å². The lowest BCUT2D eigenvalue weighted by Crippen LogP contribution is -2.43. The minimum atomic E-state index is -0.387. The SMILES string of the molecule is CC(CNCc1cc(F)ccc1F)N1CCCCC1. The predicted molar refractivity (Wildman–Crippen MR) is 73.0 cm³/mol. The van der Waals surface area contributed by atoms with Crippen molar-refractivity contribution >= 4 is 0 Å². The van der Waals surface area contributed by atoms with E-state index < -0.39 is 0 Å². The molecule has 1 aromatic carbocycles. The summed E-state index contributed by atoms with van der Waals surface area (Å²) in [4.78, 5) is 2.46. The van der Waals surface area contributed by atoms with E-state index in [1.54, 1.807) is 0 Å². The molecule has 1 heterocycles. The molecule has 2 nitrogen and oxygen atoms in total. The quantitative estimate of drug-likeness (QED) is 0.883. The Morgan fingerprint density at radius 3 is 2.68 bits per heavy atom. The second-order valence-electron chi connectivity index (χ2n) is 5.31. The molecule has 0 aliphatic carbocycles. The number of hydrogen-bond donors (Lipinski definition) is 1. The smallest absolute Gasteiger partial charge is 0.127 e. The normalized spacial score (nSPS) is 18.5. The Morgan fingerprint density at radius 2 is 1.95 bits per heavy atom. The number of benzene rings is 1. The summed E-state index contributed by atoms with van der Waals surface area (Å²) >= 11 is 0. The van der Waals surface area contributed by atoms with Crippen molar-refractivity contribution in [2.45, 2.75) is 38.8 Å². The Labute approximate surface area is 113 Å². The van der Waals surface area contributed by atoms with Gasteiger partial charge in [0.1, 0.15) is 11.6 Å². The highest BCUT2D eigenvalue weighted by molar-refractivity contribution is 5.18. The summed E-state index contributed by atoms with van der Waals surface area (Å²) in [5.41, 5.74) is 0.394. The molecule has 0 amide bonds. The Balaban J connectivity index is 1.77. The predicted octanol–water partition coefficient (Wildman–Crippen LogP) is 2.93. The van der Waals surface area contributed by atoms with E-state index >= 15 is 0 Å². The first-order valence-corrected chi connectivity index (χ1v) is 7.05. The fourth-order valence-corrected chi connectivity index (χ4v) is 2.58. The summed E-state index contributed by atoms with van der Waals surface area (Å²) in [7, 11) is 0. The Hall–Kier alpha value is -1.00. The zero-order valence-electron chi connectivity index (χ0n) is 11.5. The van der Waals surface area contributed by atoms with Gasteiger partial charge in [-0.05, 0) is 51.1 Å². The van der Waals surface area contributed by atoms with Crippen molar-refractivity contribution in [2.24, 2.45) is 0 Å². The van der Waals surface area contributed by atoms with Crippen LogP contribution in [0.5, 0.6) is 0 Å². The maximum Gasteiger partial charge on any atom is 0.127 e. The van der Waals surface area contributed by atoms with E-state index in [0.29, 0.717) is 18.2 Å².